The molecule has 3 rings (SSSR count). The number of benzene rings is 1. The van der Waals surface area contributed by atoms with Crippen LogP contribution in [0.3, 0.4) is 0 Å². The maximum absolute atomic E-state index is 12.1. The van der Waals surface area contributed by atoms with Gasteiger partial charge in [-0.25, -0.2) is 0 Å². The van der Waals surface area contributed by atoms with Crippen LogP contribution in [0.4, 0.5) is 5.69 Å². The van der Waals surface area contributed by atoms with E-state index in [1.807, 2.05) is 6.07 Å². The lowest BCUT2D eigenvalue weighted by atomic mass is 10.0. The van der Waals surface area contributed by atoms with Gasteiger partial charge in [0.2, 0.25) is 11.8 Å². The van der Waals surface area contributed by atoms with E-state index in [0.29, 0.717) is 12.1 Å². The van der Waals surface area contributed by atoms with Gasteiger partial charge in [0.1, 0.15) is 6.54 Å². The van der Waals surface area contributed by atoms with Crippen molar-refractivity contribution in [3.63, 3.8) is 0 Å². The fourth-order valence-corrected chi connectivity index (χ4v) is 2.80. The highest BCUT2D eigenvalue weighted by atomic mass is 16.2. The second-order valence-electron chi connectivity index (χ2n) is 5.57. The average molecular weight is 298 g/mol. The molecule has 1 aliphatic rings. The topological polar surface area (TPSA) is 90.0 Å². The highest BCUT2D eigenvalue weighted by Gasteiger charge is 2.12. The van der Waals surface area contributed by atoms with Crippen molar-refractivity contribution in [2.75, 3.05) is 5.32 Å². The summed E-state index contributed by atoms with van der Waals surface area (Å²) in [6.07, 6.45) is 6.86. The average Bonchev–Trinajstić information content (AvgIpc) is 3.06. The zero-order valence-electron chi connectivity index (χ0n) is 12.2. The Balaban J connectivity index is 1.60. The van der Waals surface area contributed by atoms with Crippen LogP contribution in [-0.4, -0.2) is 21.6 Å². The maximum Gasteiger partial charge on any atom is 0.239 e. The number of carbonyl (C=O) groups excluding carboxylic acids is 2. The first kappa shape index (κ1) is 14.3. The molecule has 2 aromatic rings. The van der Waals surface area contributed by atoms with Crippen LogP contribution in [-0.2, 0) is 35.4 Å². The van der Waals surface area contributed by atoms with Crippen molar-refractivity contribution >= 4 is 17.5 Å². The zero-order valence-corrected chi connectivity index (χ0v) is 12.2. The predicted molar refractivity (Wildman–Crippen MR) is 82.2 cm³/mol. The van der Waals surface area contributed by atoms with Crippen LogP contribution in [0.15, 0.2) is 30.6 Å². The molecule has 0 aliphatic heterocycles. The third kappa shape index (κ3) is 3.33. The number of hydrogen-bond donors (Lipinski definition) is 2. The number of anilines is 1. The van der Waals surface area contributed by atoms with Crippen LogP contribution in [0.25, 0.3) is 0 Å². The number of aromatic nitrogens is 2. The van der Waals surface area contributed by atoms with Crippen LogP contribution >= 0.6 is 0 Å². The summed E-state index contributed by atoms with van der Waals surface area (Å²) in [6.45, 7) is 0.000687. The van der Waals surface area contributed by atoms with Crippen molar-refractivity contribution in [1.29, 1.82) is 0 Å². The number of primary amides is 1. The van der Waals surface area contributed by atoms with E-state index in [-0.39, 0.29) is 12.5 Å². The van der Waals surface area contributed by atoms with Crippen molar-refractivity contribution in [2.24, 2.45) is 5.73 Å². The van der Waals surface area contributed by atoms with Gasteiger partial charge in [-0.15, -0.1) is 0 Å². The number of nitrogens with one attached hydrogen (secondary N) is 1. The minimum atomic E-state index is -0.473. The van der Waals surface area contributed by atoms with Crippen LogP contribution in [0.2, 0.25) is 0 Å². The minimum Gasteiger partial charge on any atom is -0.368 e. The number of aryl methyl sites for hydroxylation is 2. The van der Waals surface area contributed by atoms with Gasteiger partial charge in [-0.05, 0) is 36.0 Å². The maximum atomic E-state index is 12.1. The first-order valence-corrected chi connectivity index (χ1v) is 7.31. The summed E-state index contributed by atoms with van der Waals surface area (Å²) in [7, 11) is 0. The predicted octanol–water partition coefficient (Wildman–Crippen LogP) is 1.04. The van der Waals surface area contributed by atoms with Gasteiger partial charge in [0, 0.05) is 6.20 Å². The van der Waals surface area contributed by atoms with Crippen molar-refractivity contribution in [2.45, 2.75) is 32.2 Å². The standard InChI is InChI=1S/C16H18N4O2/c17-15(21)10-20-9-14(8-18-20)19-16(22)7-11-4-5-12-2-1-3-13(12)6-11/h4-6,8-9H,1-3,7,10H2,(H2,17,21)(H,19,22). The first-order valence-electron chi connectivity index (χ1n) is 7.31. The second-order valence-corrected chi connectivity index (χ2v) is 5.57. The Bertz CT molecular complexity index is 721. The fraction of sp³-hybridized carbons (Fsp3) is 0.312. The van der Waals surface area contributed by atoms with E-state index in [0.717, 1.165) is 18.4 Å². The molecule has 0 saturated carbocycles. The monoisotopic (exact) mass is 298 g/mol. The molecule has 0 radical (unpaired) electrons. The van der Waals surface area contributed by atoms with Crippen LogP contribution in [0.5, 0.6) is 0 Å². The molecule has 114 valence electrons. The molecule has 0 bridgehead atoms. The van der Waals surface area contributed by atoms with Crippen LogP contribution in [0, 0.1) is 0 Å². The zero-order chi connectivity index (χ0) is 15.5. The Labute approximate surface area is 128 Å². The van der Waals surface area contributed by atoms with E-state index in [1.54, 1.807) is 6.20 Å². The number of nitrogens with zero attached hydrogens (tertiary/aromatic N) is 2. The van der Waals surface area contributed by atoms with Gasteiger partial charge in [-0.1, -0.05) is 18.2 Å². The molecule has 1 aromatic heterocycles. The Morgan fingerprint density at radius 1 is 1.27 bits per heavy atom. The highest BCUT2D eigenvalue weighted by Crippen LogP contribution is 2.23. The van der Waals surface area contributed by atoms with E-state index < -0.39 is 5.91 Å². The summed E-state index contributed by atoms with van der Waals surface area (Å²) in [4.78, 5) is 22.9. The van der Waals surface area contributed by atoms with Gasteiger partial charge in [0.25, 0.3) is 0 Å². The molecule has 6 nitrogen and oxygen atoms in total. The minimum absolute atomic E-state index is 0.000687. The normalized spacial score (nSPS) is 12.9. The van der Waals surface area contributed by atoms with Crippen LogP contribution < -0.4 is 11.1 Å². The number of nitrogens with two attached hydrogens (primary N) is 1. The molecular weight excluding hydrogens is 280 g/mol. The summed E-state index contributed by atoms with van der Waals surface area (Å²) >= 11 is 0. The van der Waals surface area contributed by atoms with Crippen molar-refractivity contribution in [3.05, 3.63) is 47.3 Å². The lowest BCUT2D eigenvalue weighted by Crippen LogP contribution is -2.19. The summed E-state index contributed by atoms with van der Waals surface area (Å²) in [6, 6.07) is 6.26. The molecule has 1 heterocycles. The van der Waals surface area contributed by atoms with E-state index in [2.05, 4.69) is 22.5 Å². The van der Waals surface area contributed by atoms with Crippen molar-refractivity contribution in [1.82, 2.24) is 9.78 Å². The molecule has 0 spiro atoms. The second kappa shape index (κ2) is 6.01. The number of rotatable bonds is 5. The molecular formula is C16H18N4O2. The number of hydrogen-bond acceptors (Lipinski definition) is 3. The molecule has 6 heteroatoms. The molecule has 0 fully saturated rings. The summed E-state index contributed by atoms with van der Waals surface area (Å²) in [5, 5.41) is 6.74. The van der Waals surface area contributed by atoms with E-state index >= 15 is 0 Å². The number of amides is 2. The molecule has 22 heavy (non-hydrogen) atoms. The lowest BCUT2D eigenvalue weighted by Gasteiger charge is -2.05. The smallest absolute Gasteiger partial charge is 0.239 e. The number of carbonyl (C=O) groups is 2. The van der Waals surface area contributed by atoms with Gasteiger partial charge in [0.05, 0.1) is 18.3 Å². The van der Waals surface area contributed by atoms with Gasteiger partial charge in [-0.2, -0.15) is 5.10 Å². The summed E-state index contributed by atoms with van der Waals surface area (Å²) in [5.74, 6) is -0.573. The first-order chi connectivity index (χ1) is 10.6. The molecule has 1 aliphatic carbocycles. The Morgan fingerprint density at radius 3 is 2.91 bits per heavy atom. The third-order valence-corrected chi connectivity index (χ3v) is 3.76. The molecule has 2 amide bonds. The Morgan fingerprint density at radius 2 is 2.09 bits per heavy atom. The fourth-order valence-electron chi connectivity index (χ4n) is 2.80. The van der Waals surface area contributed by atoms with Gasteiger partial charge in [-0.3, -0.25) is 14.3 Å². The molecule has 0 saturated heterocycles. The lowest BCUT2D eigenvalue weighted by molar-refractivity contribution is -0.118. The SMILES string of the molecule is NC(=O)Cn1cc(NC(=O)Cc2ccc3c(c2)CCC3)cn1. The van der Waals surface area contributed by atoms with E-state index in [1.165, 1.54) is 28.4 Å². The van der Waals surface area contributed by atoms with Gasteiger partial charge < -0.3 is 11.1 Å². The number of fused-ring (bicyclic) bond motifs is 1. The molecule has 3 N–H and O–H groups in total. The Hall–Kier alpha value is -2.63. The Kier molecular flexibility index (Phi) is 3.91. The van der Waals surface area contributed by atoms with Crippen LogP contribution in [0.1, 0.15) is 23.1 Å². The van der Waals surface area contributed by atoms with Gasteiger partial charge in [0.15, 0.2) is 0 Å². The van der Waals surface area contributed by atoms with Crippen molar-refractivity contribution < 1.29 is 9.59 Å². The third-order valence-electron chi connectivity index (χ3n) is 3.76. The largest absolute Gasteiger partial charge is 0.368 e. The van der Waals surface area contributed by atoms with E-state index in [9.17, 15) is 9.59 Å². The summed E-state index contributed by atoms with van der Waals surface area (Å²) in [5.41, 5.74) is 9.43. The van der Waals surface area contributed by atoms with Crippen molar-refractivity contribution in [3.8, 4) is 0 Å². The molecule has 0 unspecified atom stereocenters. The van der Waals surface area contributed by atoms with Gasteiger partial charge >= 0.3 is 0 Å². The molecule has 1 aromatic carbocycles. The highest BCUT2D eigenvalue weighted by molar-refractivity contribution is 5.92. The molecule has 0 atom stereocenters. The quantitative estimate of drug-likeness (QED) is 0.864. The summed E-state index contributed by atoms with van der Waals surface area (Å²) < 4.78 is 1.40. The van der Waals surface area contributed by atoms with E-state index in [4.69, 9.17) is 5.73 Å².